The van der Waals surface area contributed by atoms with Crippen molar-refractivity contribution in [3.8, 4) is 0 Å². The highest BCUT2D eigenvalue weighted by molar-refractivity contribution is 7.12. The first-order chi connectivity index (χ1) is 6.30. The van der Waals surface area contributed by atoms with Gasteiger partial charge in [-0.25, -0.2) is 0 Å². The molecule has 0 unspecified atom stereocenters. The second-order valence-electron chi connectivity index (χ2n) is 2.78. The molecule has 78 valence electrons. The van der Waals surface area contributed by atoms with E-state index in [0.29, 0.717) is 4.88 Å². The highest BCUT2D eigenvalue weighted by Crippen LogP contribution is 2.27. The SMILES string of the molecule is Cc1cc(NC(=O)C(F)(F)F)c(C)s1. The van der Waals surface area contributed by atoms with Crippen molar-refractivity contribution < 1.29 is 18.0 Å². The quantitative estimate of drug-likeness (QED) is 0.779. The summed E-state index contributed by atoms with van der Waals surface area (Å²) in [6.07, 6.45) is -4.83. The van der Waals surface area contributed by atoms with Crippen LogP contribution in [0.3, 0.4) is 0 Å². The zero-order valence-electron chi connectivity index (χ0n) is 7.53. The molecule has 0 fully saturated rings. The molecule has 1 N–H and O–H groups in total. The number of carbonyl (C=O) groups excluding carboxylic acids is 1. The third-order valence-corrected chi connectivity index (χ3v) is 2.51. The van der Waals surface area contributed by atoms with Crippen molar-refractivity contribution in [1.29, 1.82) is 0 Å². The molecule has 0 radical (unpaired) electrons. The lowest BCUT2D eigenvalue weighted by Crippen LogP contribution is -2.29. The smallest absolute Gasteiger partial charge is 0.317 e. The van der Waals surface area contributed by atoms with Gasteiger partial charge in [0.05, 0.1) is 5.69 Å². The fraction of sp³-hybridized carbons (Fsp3) is 0.375. The summed E-state index contributed by atoms with van der Waals surface area (Å²) in [7, 11) is 0. The average Bonchev–Trinajstić information content (AvgIpc) is 2.28. The van der Waals surface area contributed by atoms with Crippen LogP contribution >= 0.6 is 11.3 Å². The Bertz CT molecular complexity index is 356. The maximum atomic E-state index is 11.9. The van der Waals surface area contributed by atoms with Crippen LogP contribution in [0.2, 0.25) is 0 Å². The van der Waals surface area contributed by atoms with Crippen molar-refractivity contribution in [1.82, 2.24) is 0 Å². The Balaban J connectivity index is 2.80. The largest absolute Gasteiger partial charge is 0.471 e. The van der Waals surface area contributed by atoms with E-state index in [1.807, 2.05) is 5.32 Å². The maximum absolute atomic E-state index is 11.9. The van der Waals surface area contributed by atoms with E-state index in [9.17, 15) is 18.0 Å². The van der Waals surface area contributed by atoms with E-state index in [-0.39, 0.29) is 5.69 Å². The van der Waals surface area contributed by atoms with E-state index in [4.69, 9.17) is 0 Å². The lowest BCUT2D eigenvalue weighted by atomic mass is 10.3. The van der Waals surface area contributed by atoms with Crippen LogP contribution < -0.4 is 5.32 Å². The Kier molecular flexibility index (Phi) is 2.84. The molecule has 6 heteroatoms. The number of hydrogen-bond acceptors (Lipinski definition) is 2. The maximum Gasteiger partial charge on any atom is 0.471 e. The highest BCUT2D eigenvalue weighted by Gasteiger charge is 2.38. The summed E-state index contributed by atoms with van der Waals surface area (Å²) in [5.41, 5.74) is 0.231. The van der Waals surface area contributed by atoms with Gasteiger partial charge in [-0.05, 0) is 19.9 Å². The Hall–Kier alpha value is -1.04. The molecule has 0 aliphatic heterocycles. The van der Waals surface area contributed by atoms with Crippen LogP contribution in [-0.4, -0.2) is 12.1 Å². The number of amides is 1. The average molecular weight is 223 g/mol. The van der Waals surface area contributed by atoms with Crippen molar-refractivity contribution in [3.05, 3.63) is 15.8 Å². The van der Waals surface area contributed by atoms with E-state index in [2.05, 4.69) is 0 Å². The van der Waals surface area contributed by atoms with E-state index in [1.54, 1.807) is 13.8 Å². The predicted molar refractivity (Wildman–Crippen MR) is 48.5 cm³/mol. The van der Waals surface area contributed by atoms with Crippen LogP contribution in [0, 0.1) is 13.8 Å². The number of aryl methyl sites for hydroxylation is 2. The van der Waals surface area contributed by atoms with E-state index in [0.717, 1.165) is 4.88 Å². The zero-order valence-corrected chi connectivity index (χ0v) is 8.34. The molecule has 1 heterocycles. The van der Waals surface area contributed by atoms with E-state index < -0.39 is 12.1 Å². The minimum absolute atomic E-state index is 0.231. The second-order valence-corrected chi connectivity index (χ2v) is 4.24. The van der Waals surface area contributed by atoms with Crippen LogP contribution in [0.4, 0.5) is 18.9 Å². The number of alkyl halides is 3. The lowest BCUT2D eigenvalue weighted by Gasteiger charge is -2.06. The minimum atomic E-state index is -4.83. The first-order valence-electron chi connectivity index (χ1n) is 3.76. The summed E-state index contributed by atoms with van der Waals surface area (Å²) in [4.78, 5) is 12.1. The number of nitrogens with one attached hydrogen (secondary N) is 1. The molecule has 1 aromatic rings. The van der Waals surface area contributed by atoms with Gasteiger partial charge >= 0.3 is 12.1 Å². The Morgan fingerprint density at radius 2 is 2.00 bits per heavy atom. The third-order valence-electron chi connectivity index (χ3n) is 1.55. The van der Waals surface area contributed by atoms with Gasteiger partial charge in [0, 0.05) is 9.75 Å². The first kappa shape index (κ1) is 11.0. The Labute approximate surface area is 82.7 Å². The second kappa shape index (κ2) is 3.61. The molecule has 1 amide bonds. The monoisotopic (exact) mass is 223 g/mol. The molecule has 2 nitrogen and oxygen atoms in total. The number of carbonyl (C=O) groups is 1. The van der Waals surface area contributed by atoms with Gasteiger partial charge in [-0.3, -0.25) is 4.79 Å². The summed E-state index contributed by atoms with van der Waals surface area (Å²) in [6, 6.07) is 1.52. The van der Waals surface area contributed by atoms with Gasteiger partial charge in [0.25, 0.3) is 0 Å². The van der Waals surface area contributed by atoms with Crippen molar-refractivity contribution in [2.45, 2.75) is 20.0 Å². The molecule has 1 rings (SSSR count). The molecule has 14 heavy (non-hydrogen) atoms. The minimum Gasteiger partial charge on any atom is -0.317 e. The zero-order chi connectivity index (χ0) is 10.9. The number of anilines is 1. The van der Waals surface area contributed by atoms with E-state index >= 15 is 0 Å². The van der Waals surface area contributed by atoms with Gasteiger partial charge in [-0.1, -0.05) is 0 Å². The molecular formula is C8H8F3NOS. The van der Waals surface area contributed by atoms with Gasteiger partial charge in [-0.2, -0.15) is 13.2 Å². The van der Waals surface area contributed by atoms with Crippen LogP contribution in [0.25, 0.3) is 0 Å². The van der Waals surface area contributed by atoms with Gasteiger partial charge in [-0.15, -0.1) is 11.3 Å². The normalized spacial score (nSPS) is 11.5. The summed E-state index contributed by atoms with van der Waals surface area (Å²) in [5, 5.41) is 1.82. The Morgan fingerprint density at radius 1 is 1.43 bits per heavy atom. The summed E-state index contributed by atoms with van der Waals surface area (Å²) < 4.78 is 35.6. The molecule has 1 aromatic heterocycles. The van der Waals surface area contributed by atoms with Gasteiger partial charge < -0.3 is 5.32 Å². The van der Waals surface area contributed by atoms with E-state index in [1.165, 1.54) is 17.4 Å². The van der Waals surface area contributed by atoms with Gasteiger partial charge in [0.15, 0.2) is 0 Å². The molecule has 0 aliphatic carbocycles. The van der Waals surface area contributed by atoms with Crippen molar-refractivity contribution in [2.24, 2.45) is 0 Å². The molecular weight excluding hydrogens is 215 g/mol. The first-order valence-corrected chi connectivity index (χ1v) is 4.57. The number of rotatable bonds is 1. The molecule has 0 saturated carbocycles. The number of hydrogen-bond donors (Lipinski definition) is 1. The van der Waals surface area contributed by atoms with Crippen molar-refractivity contribution in [2.75, 3.05) is 5.32 Å². The molecule has 0 aliphatic rings. The van der Waals surface area contributed by atoms with Crippen molar-refractivity contribution in [3.63, 3.8) is 0 Å². The van der Waals surface area contributed by atoms with Crippen LogP contribution in [0.15, 0.2) is 6.07 Å². The van der Waals surface area contributed by atoms with Gasteiger partial charge in [0.2, 0.25) is 0 Å². The fourth-order valence-corrected chi connectivity index (χ4v) is 1.83. The van der Waals surface area contributed by atoms with Crippen molar-refractivity contribution >= 4 is 22.9 Å². The standard InChI is InChI=1S/C8H8F3NOS/c1-4-3-6(5(2)14-4)12-7(13)8(9,10)11/h3H,1-2H3,(H,12,13). The van der Waals surface area contributed by atoms with Crippen LogP contribution in [0.5, 0.6) is 0 Å². The molecule has 0 aromatic carbocycles. The van der Waals surface area contributed by atoms with Crippen LogP contribution in [0.1, 0.15) is 9.75 Å². The molecule has 0 spiro atoms. The highest BCUT2D eigenvalue weighted by atomic mass is 32.1. The Morgan fingerprint density at radius 3 is 2.36 bits per heavy atom. The number of thiophene rings is 1. The molecule has 0 saturated heterocycles. The summed E-state index contributed by atoms with van der Waals surface area (Å²) >= 11 is 1.34. The predicted octanol–water partition coefficient (Wildman–Crippen LogP) is 2.87. The fourth-order valence-electron chi connectivity index (χ4n) is 0.948. The lowest BCUT2D eigenvalue weighted by molar-refractivity contribution is -0.167. The number of halogens is 3. The molecule has 0 atom stereocenters. The van der Waals surface area contributed by atoms with Gasteiger partial charge in [0.1, 0.15) is 0 Å². The topological polar surface area (TPSA) is 29.1 Å². The summed E-state index contributed by atoms with van der Waals surface area (Å²) in [5.74, 6) is -1.93. The molecule has 0 bridgehead atoms. The summed E-state index contributed by atoms with van der Waals surface area (Å²) in [6.45, 7) is 3.42. The third kappa shape index (κ3) is 2.47. The van der Waals surface area contributed by atoms with Crippen LogP contribution in [-0.2, 0) is 4.79 Å².